The molecule has 5 heteroatoms. The lowest BCUT2D eigenvalue weighted by molar-refractivity contribution is -0.127. The Kier molecular flexibility index (Phi) is 4.01. The Morgan fingerprint density at radius 1 is 1.19 bits per heavy atom. The number of carbonyl (C=O) groups excluding carboxylic acids is 2. The molecule has 1 aromatic heterocycles. The van der Waals surface area contributed by atoms with E-state index >= 15 is 0 Å². The summed E-state index contributed by atoms with van der Waals surface area (Å²) in [6, 6.07) is 13.2. The number of nitrogens with zero attached hydrogens (tertiary/aromatic N) is 2. The molecule has 0 N–H and O–H groups in total. The van der Waals surface area contributed by atoms with Gasteiger partial charge in [-0.25, -0.2) is 0 Å². The Balaban J connectivity index is 1.87. The third-order valence-electron chi connectivity index (χ3n) is 3.53. The minimum atomic E-state index is -0.0594. The van der Waals surface area contributed by atoms with Crippen molar-refractivity contribution in [1.82, 2.24) is 4.90 Å². The van der Waals surface area contributed by atoms with Gasteiger partial charge in [0, 0.05) is 18.7 Å². The predicted octanol–water partition coefficient (Wildman–Crippen LogP) is 2.97. The zero-order valence-corrected chi connectivity index (χ0v) is 12.4. The highest BCUT2D eigenvalue weighted by Crippen LogP contribution is 2.21. The van der Waals surface area contributed by atoms with Crippen molar-refractivity contribution in [2.24, 2.45) is 0 Å². The van der Waals surface area contributed by atoms with E-state index in [0.29, 0.717) is 18.0 Å². The van der Waals surface area contributed by atoms with Gasteiger partial charge >= 0.3 is 0 Å². The van der Waals surface area contributed by atoms with Crippen LogP contribution in [0.3, 0.4) is 0 Å². The van der Waals surface area contributed by atoms with Crippen LogP contribution in [-0.4, -0.2) is 29.9 Å². The minimum Gasteiger partial charge on any atom is -0.324 e. The maximum absolute atomic E-state index is 12.7. The van der Waals surface area contributed by atoms with Crippen LogP contribution in [0.4, 0.5) is 5.69 Å². The van der Waals surface area contributed by atoms with E-state index in [1.807, 2.05) is 47.8 Å². The Labute approximate surface area is 127 Å². The number of carbonyl (C=O) groups is 2. The third kappa shape index (κ3) is 2.97. The van der Waals surface area contributed by atoms with E-state index in [4.69, 9.17) is 0 Å². The van der Waals surface area contributed by atoms with Crippen molar-refractivity contribution in [2.45, 2.75) is 12.8 Å². The van der Waals surface area contributed by atoms with Crippen LogP contribution in [0.2, 0.25) is 0 Å². The smallest absolute Gasteiger partial charge is 0.269 e. The molecular formula is C16H16N2O2S. The lowest BCUT2D eigenvalue weighted by atomic mass is 10.3. The molecule has 0 atom stereocenters. The molecule has 3 rings (SSSR count). The number of benzene rings is 1. The van der Waals surface area contributed by atoms with E-state index in [2.05, 4.69) is 0 Å². The zero-order chi connectivity index (χ0) is 14.7. The highest BCUT2D eigenvalue weighted by molar-refractivity contribution is 7.12. The second-order valence-corrected chi connectivity index (χ2v) is 5.90. The van der Waals surface area contributed by atoms with Gasteiger partial charge in [0.25, 0.3) is 5.91 Å². The van der Waals surface area contributed by atoms with Gasteiger partial charge in [0.1, 0.15) is 6.67 Å². The number of thiophene rings is 1. The normalized spacial score (nSPS) is 14.5. The van der Waals surface area contributed by atoms with E-state index in [1.165, 1.54) is 11.3 Å². The van der Waals surface area contributed by atoms with Crippen LogP contribution in [0.25, 0.3) is 0 Å². The van der Waals surface area contributed by atoms with E-state index in [0.717, 1.165) is 18.7 Å². The van der Waals surface area contributed by atoms with Crippen LogP contribution in [0.15, 0.2) is 47.8 Å². The second kappa shape index (κ2) is 6.10. The van der Waals surface area contributed by atoms with Crippen LogP contribution in [0, 0.1) is 0 Å². The van der Waals surface area contributed by atoms with Gasteiger partial charge in [0.15, 0.2) is 0 Å². The summed E-state index contributed by atoms with van der Waals surface area (Å²) in [7, 11) is 0. The molecule has 0 spiro atoms. The fourth-order valence-corrected chi connectivity index (χ4v) is 3.10. The number of rotatable bonds is 4. The molecule has 1 aliphatic rings. The summed E-state index contributed by atoms with van der Waals surface area (Å²) in [5.74, 6) is 0.0609. The first kappa shape index (κ1) is 13.8. The number of hydrogen-bond acceptors (Lipinski definition) is 3. The summed E-state index contributed by atoms with van der Waals surface area (Å²) >= 11 is 1.42. The molecule has 2 aromatic rings. The van der Waals surface area contributed by atoms with E-state index in [9.17, 15) is 9.59 Å². The molecule has 1 saturated heterocycles. The van der Waals surface area contributed by atoms with Gasteiger partial charge < -0.3 is 4.90 Å². The van der Waals surface area contributed by atoms with E-state index in [-0.39, 0.29) is 11.8 Å². The first-order valence-corrected chi connectivity index (χ1v) is 7.82. The molecule has 0 bridgehead atoms. The van der Waals surface area contributed by atoms with Gasteiger partial charge in [0.05, 0.1) is 4.88 Å². The number of hydrogen-bond donors (Lipinski definition) is 0. The molecule has 0 aliphatic carbocycles. The SMILES string of the molecule is O=C1CCCN1CN(C(=O)c1cccs1)c1ccccc1. The summed E-state index contributed by atoms with van der Waals surface area (Å²) in [4.78, 5) is 28.6. The van der Waals surface area contributed by atoms with Crippen molar-refractivity contribution in [3.05, 3.63) is 52.7 Å². The fraction of sp³-hybridized carbons (Fsp3) is 0.250. The highest BCUT2D eigenvalue weighted by Gasteiger charge is 2.26. The van der Waals surface area contributed by atoms with Gasteiger partial charge in [-0.2, -0.15) is 0 Å². The van der Waals surface area contributed by atoms with Crippen LogP contribution < -0.4 is 4.90 Å². The van der Waals surface area contributed by atoms with Gasteiger partial charge in [-0.15, -0.1) is 11.3 Å². The molecule has 1 aromatic carbocycles. The lowest BCUT2D eigenvalue weighted by Crippen LogP contribution is -2.42. The summed E-state index contributed by atoms with van der Waals surface area (Å²) in [5, 5.41) is 1.89. The molecule has 21 heavy (non-hydrogen) atoms. The molecule has 0 radical (unpaired) electrons. The lowest BCUT2D eigenvalue weighted by Gasteiger charge is -2.27. The molecule has 0 unspecified atom stereocenters. The average Bonchev–Trinajstić information content (AvgIpc) is 3.17. The van der Waals surface area contributed by atoms with Crippen molar-refractivity contribution < 1.29 is 9.59 Å². The van der Waals surface area contributed by atoms with Gasteiger partial charge in [-0.1, -0.05) is 24.3 Å². The first-order valence-electron chi connectivity index (χ1n) is 6.94. The maximum Gasteiger partial charge on any atom is 0.269 e. The van der Waals surface area contributed by atoms with E-state index < -0.39 is 0 Å². The topological polar surface area (TPSA) is 40.6 Å². The minimum absolute atomic E-state index is 0.0594. The van der Waals surface area contributed by atoms with Crippen molar-refractivity contribution in [3.63, 3.8) is 0 Å². The van der Waals surface area contributed by atoms with Gasteiger partial charge in [0.2, 0.25) is 5.91 Å². The van der Waals surface area contributed by atoms with Crippen molar-refractivity contribution in [1.29, 1.82) is 0 Å². The maximum atomic E-state index is 12.7. The van der Waals surface area contributed by atoms with Gasteiger partial charge in [-0.05, 0) is 30.0 Å². The Morgan fingerprint density at radius 3 is 2.62 bits per heavy atom. The summed E-state index contributed by atoms with van der Waals surface area (Å²) in [5.41, 5.74) is 0.815. The predicted molar refractivity (Wildman–Crippen MR) is 83.4 cm³/mol. The largest absolute Gasteiger partial charge is 0.324 e. The van der Waals surface area contributed by atoms with E-state index in [1.54, 1.807) is 9.80 Å². The van der Waals surface area contributed by atoms with Crippen LogP contribution in [0.5, 0.6) is 0 Å². The van der Waals surface area contributed by atoms with Gasteiger partial charge in [-0.3, -0.25) is 14.5 Å². The molecule has 1 fully saturated rings. The monoisotopic (exact) mass is 300 g/mol. The molecule has 2 amide bonds. The van der Waals surface area contributed by atoms with Crippen molar-refractivity contribution in [3.8, 4) is 0 Å². The summed E-state index contributed by atoms with van der Waals surface area (Å²) < 4.78 is 0. The number of anilines is 1. The van der Waals surface area contributed by atoms with Crippen molar-refractivity contribution in [2.75, 3.05) is 18.1 Å². The Hall–Kier alpha value is -2.14. The number of para-hydroxylation sites is 1. The van der Waals surface area contributed by atoms with Crippen LogP contribution in [-0.2, 0) is 4.79 Å². The standard InChI is InChI=1S/C16H16N2O2S/c19-15-9-4-10-17(15)12-18(13-6-2-1-3-7-13)16(20)14-8-5-11-21-14/h1-3,5-8,11H,4,9-10,12H2. The quantitative estimate of drug-likeness (QED) is 0.871. The molecule has 0 saturated carbocycles. The molecule has 1 aliphatic heterocycles. The number of likely N-dealkylation sites (tertiary alicyclic amines) is 1. The summed E-state index contributed by atoms with van der Waals surface area (Å²) in [6.45, 7) is 1.04. The Morgan fingerprint density at radius 2 is 2.00 bits per heavy atom. The first-order chi connectivity index (χ1) is 10.3. The fourth-order valence-electron chi connectivity index (χ4n) is 2.43. The third-order valence-corrected chi connectivity index (χ3v) is 4.39. The number of amides is 2. The molecule has 2 heterocycles. The zero-order valence-electron chi connectivity index (χ0n) is 11.6. The van der Waals surface area contributed by atoms with Crippen molar-refractivity contribution >= 4 is 28.8 Å². The molecule has 108 valence electrons. The second-order valence-electron chi connectivity index (χ2n) is 4.95. The van der Waals surface area contributed by atoms with Crippen LogP contribution in [0.1, 0.15) is 22.5 Å². The van der Waals surface area contributed by atoms with Crippen LogP contribution >= 0.6 is 11.3 Å². The Bertz CT molecular complexity index is 625. The molecular weight excluding hydrogens is 284 g/mol. The average molecular weight is 300 g/mol. The highest BCUT2D eigenvalue weighted by atomic mass is 32.1. The molecule has 4 nitrogen and oxygen atoms in total. The summed E-state index contributed by atoms with van der Waals surface area (Å²) in [6.07, 6.45) is 1.45.